The molecule has 0 radical (unpaired) electrons. The van der Waals surface area contributed by atoms with Crippen molar-refractivity contribution in [2.24, 2.45) is 0 Å². The summed E-state index contributed by atoms with van der Waals surface area (Å²) in [6.07, 6.45) is -1.26. The van der Waals surface area contributed by atoms with Crippen molar-refractivity contribution in [3.63, 3.8) is 0 Å². The first-order valence-corrected chi connectivity index (χ1v) is 10.6. The van der Waals surface area contributed by atoms with Gasteiger partial charge in [-0.05, 0) is 64.0 Å². The molecule has 0 aliphatic heterocycles. The van der Waals surface area contributed by atoms with E-state index in [9.17, 15) is 22.4 Å². The van der Waals surface area contributed by atoms with Crippen LogP contribution >= 0.6 is 34.2 Å². The van der Waals surface area contributed by atoms with Gasteiger partial charge in [-0.25, -0.2) is 9.37 Å². The highest BCUT2D eigenvalue weighted by molar-refractivity contribution is 14.1. The van der Waals surface area contributed by atoms with E-state index in [1.54, 1.807) is 12.1 Å². The maximum atomic E-state index is 13.5. The average molecular weight is 588 g/mol. The summed E-state index contributed by atoms with van der Waals surface area (Å²) in [6, 6.07) is 9.57. The molecule has 2 heterocycles. The molecule has 2 aromatic heterocycles. The molecule has 2 aromatic carbocycles. The molecule has 0 saturated heterocycles. The molecule has 12 heteroatoms. The molecule has 33 heavy (non-hydrogen) atoms. The lowest BCUT2D eigenvalue weighted by Gasteiger charge is -2.14. The van der Waals surface area contributed by atoms with Crippen molar-refractivity contribution in [3.05, 3.63) is 86.6 Å². The largest absolute Gasteiger partial charge is 0.420 e. The summed E-state index contributed by atoms with van der Waals surface area (Å²) >= 11 is 8.25. The van der Waals surface area contributed by atoms with Crippen molar-refractivity contribution in [2.45, 2.75) is 6.18 Å². The van der Waals surface area contributed by atoms with Crippen LogP contribution in [0.4, 0.5) is 23.2 Å². The number of pyridine rings is 1. The predicted molar refractivity (Wildman–Crippen MR) is 122 cm³/mol. The van der Waals surface area contributed by atoms with Crippen LogP contribution in [-0.2, 0) is 6.18 Å². The standard InChI is InChI=1S/C21H11ClF4IN5O/c22-17-7-11(14-4-2-12(23)8-18(14)27)1-3-15(17)20(33)31-13-9-16(21(24,25)26)19(28-10-13)32-29-5-6-30-32/h1-10H,(H,31,33). The Hall–Kier alpha value is -3.06. The monoisotopic (exact) mass is 587 g/mol. The van der Waals surface area contributed by atoms with Gasteiger partial charge in [-0.3, -0.25) is 4.79 Å². The summed E-state index contributed by atoms with van der Waals surface area (Å²) in [6.45, 7) is 0. The quantitative estimate of drug-likeness (QED) is 0.235. The first-order valence-electron chi connectivity index (χ1n) is 9.14. The van der Waals surface area contributed by atoms with Crippen LogP contribution in [0.3, 0.4) is 0 Å². The molecule has 4 aromatic rings. The second-order valence-corrected chi connectivity index (χ2v) is 8.25. The minimum Gasteiger partial charge on any atom is -0.321 e. The summed E-state index contributed by atoms with van der Waals surface area (Å²) in [4.78, 5) is 17.2. The Balaban J connectivity index is 1.62. The van der Waals surface area contributed by atoms with Crippen molar-refractivity contribution < 1.29 is 22.4 Å². The number of carbonyl (C=O) groups excluding carboxylic acids is 1. The number of hydrogen-bond acceptors (Lipinski definition) is 4. The number of hydrogen-bond donors (Lipinski definition) is 1. The molecule has 0 spiro atoms. The Bertz CT molecular complexity index is 1350. The Kier molecular flexibility index (Phi) is 6.34. The van der Waals surface area contributed by atoms with E-state index in [2.05, 4.69) is 20.5 Å². The van der Waals surface area contributed by atoms with Crippen LogP contribution < -0.4 is 5.32 Å². The average Bonchev–Trinajstić information content (AvgIpc) is 3.27. The Labute approximate surface area is 202 Å². The third-order valence-corrected chi connectivity index (χ3v) is 5.70. The SMILES string of the molecule is O=C(Nc1cnc(-n2nccn2)c(C(F)(F)F)c1)c1ccc(-c2ccc(F)cc2I)cc1Cl. The lowest BCUT2D eigenvalue weighted by molar-refractivity contribution is -0.137. The van der Waals surface area contributed by atoms with E-state index in [1.165, 1.54) is 36.7 Å². The van der Waals surface area contributed by atoms with Gasteiger partial charge in [0.05, 0.1) is 34.9 Å². The molecule has 0 fully saturated rings. The van der Waals surface area contributed by atoms with Crippen molar-refractivity contribution in [1.29, 1.82) is 0 Å². The van der Waals surface area contributed by atoms with Gasteiger partial charge in [0.15, 0.2) is 5.82 Å². The number of rotatable bonds is 4. The van der Waals surface area contributed by atoms with Gasteiger partial charge in [0.1, 0.15) is 11.4 Å². The lowest BCUT2D eigenvalue weighted by Crippen LogP contribution is -2.17. The van der Waals surface area contributed by atoms with E-state index in [4.69, 9.17) is 11.6 Å². The van der Waals surface area contributed by atoms with Gasteiger partial charge in [0.2, 0.25) is 0 Å². The smallest absolute Gasteiger partial charge is 0.321 e. The second kappa shape index (κ2) is 9.06. The minimum absolute atomic E-state index is 0.0453. The van der Waals surface area contributed by atoms with Crippen LogP contribution in [-0.4, -0.2) is 25.9 Å². The normalized spacial score (nSPS) is 11.5. The van der Waals surface area contributed by atoms with E-state index in [-0.39, 0.29) is 22.1 Å². The number of carbonyl (C=O) groups is 1. The summed E-state index contributed by atoms with van der Waals surface area (Å²) in [5, 5.41) is 9.79. The number of aromatic nitrogens is 4. The van der Waals surface area contributed by atoms with Crippen molar-refractivity contribution in [3.8, 4) is 16.9 Å². The molecule has 4 rings (SSSR count). The number of nitrogens with zero attached hydrogens (tertiary/aromatic N) is 4. The van der Waals surface area contributed by atoms with E-state index >= 15 is 0 Å². The van der Waals surface area contributed by atoms with Crippen LogP contribution in [0.25, 0.3) is 16.9 Å². The summed E-state index contributed by atoms with van der Waals surface area (Å²) in [5.74, 6) is -1.63. The third kappa shape index (κ3) is 4.98. The fraction of sp³-hybridized carbons (Fsp3) is 0.0476. The first-order chi connectivity index (χ1) is 15.6. The van der Waals surface area contributed by atoms with Crippen molar-refractivity contribution in [2.75, 3.05) is 5.32 Å². The highest BCUT2D eigenvalue weighted by Gasteiger charge is 2.36. The molecule has 0 bridgehead atoms. The summed E-state index contributed by atoms with van der Waals surface area (Å²) in [5.41, 5.74) is 0.106. The van der Waals surface area contributed by atoms with Crippen molar-refractivity contribution >= 4 is 45.8 Å². The number of halogens is 6. The number of alkyl halides is 3. The van der Waals surface area contributed by atoms with Crippen LogP contribution in [0, 0.1) is 9.39 Å². The summed E-state index contributed by atoms with van der Waals surface area (Å²) in [7, 11) is 0. The lowest BCUT2D eigenvalue weighted by atomic mass is 10.0. The molecule has 168 valence electrons. The van der Waals surface area contributed by atoms with Gasteiger partial charge >= 0.3 is 6.18 Å². The zero-order valence-electron chi connectivity index (χ0n) is 16.2. The van der Waals surface area contributed by atoms with E-state index in [0.29, 0.717) is 14.7 Å². The van der Waals surface area contributed by atoms with E-state index < -0.39 is 23.5 Å². The zero-order chi connectivity index (χ0) is 23.8. The summed E-state index contributed by atoms with van der Waals surface area (Å²) < 4.78 is 54.6. The highest BCUT2D eigenvalue weighted by atomic mass is 127. The van der Waals surface area contributed by atoms with Gasteiger partial charge in [-0.15, -0.1) is 4.80 Å². The fourth-order valence-corrected chi connectivity index (χ4v) is 4.06. The fourth-order valence-electron chi connectivity index (χ4n) is 3.01. The zero-order valence-corrected chi connectivity index (χ0v) is 19.2. The predicted octanol–water partition coefficient (Wildman–Crippen LogP) is 6.00. The van der Waals surface area contributed by atoms with E-state index in [1.807, 2.05) is 22.6 Å². The minimum atomic E-state index is -4.76. The topological polar surface area (TPSA) is 72.7 Å². The maximum absolute atomic E-state index is 13.5. The Morgan fingerprint density at radius 2 is 1.79 bits per heavy atom. The molecular weight excluding hydrogens is 577 g/mol. The van der Waals surface area contributed by atoms with Gasteiger partial charge in [0, 0.05) is 3.57 Å². The van der Waals surface area contributed by atoms with Gasteiger partial charge in [-0.2, -0.15) is 23.4 Å². The second-order valence-electron chi connectivity index (χ2n) is 6.68. The van der Waals surface area contributed by atoms with Crippen LogP contribution in [0.2, 0.25) is 5.02 Å². The van der Waals surface area contributed by atoms with Crippen LogP contribution in [0.15, 0.2) is 61.1 Å². The molecule has 0 aliphatic rings. The Morgan fingerprint density at radius 3 is 2.42 bits per heavy atom. The van der Waals surface area contributed by atoms with Gasteiger partial charge in [-0.1, -0.05) is 23.7 Å². The van der Waals surface area contributed by atoms with Crippen LogP contribution in [0.1, 0.15) is 15.9 Å². The Morgan fingerprint density at radius 1 is 1.06 bits per heavy atom. The number of benzene rings is 2. The maximum Gasteiger partial charge on any atom is 0.420 e. The molecule has 0 atom stereocenters. The molecule has 1 N–H and O–H groups in total. The van der Waals surface area contributed by atoms with E-state index in [0.717, 1.165) is 17.1 Å². The van der Waals surface area contributed by atoms with Crippen LogP contribution in [0.5, 0.6) is 0 Å². The van der Waals surface area contributed by atoms with Gasteiger partial charge < -0.3 is 5.32 Å². The molecule has 0 unspecified atom stereocenters. The highest BCUT2D eigenvalue weighted by Crippen LogP contribution is 2.34. The number of nitrogens with one attached hydrogen (secondary N) is 1. The molecule has 1 amide bonds. The van der Waals surface area contributed by atoms with Gasteiger partial charge in [0.25, 0.3) is 5.91 Å². The number of anilines is 1. The molecular formula is C21H11ClF4IN5O. The third-order valence-electron chi connectivity index (χ3n) is 4.49. The molecule has 0 aliphatic carbocycles. The first kappa shape index (κ1) is 23.1. The number of amides is 1. The van der Waals surface area contributed by atoms with Crippen molar-refractivity contribution in [1.82, 2.24) is 20.0 Å². The molecule has 0 saturated carbocycles. The molecule has 6 nitrogen and oxygen atoms in total.